The number of aromatic nitrogens is 2. The van der Waals surface area contributed by atoms with E-state index < -0.39 is 17.7 Å². The van der Waals surface area contributed by atoms with Gasteiger partial charge in [0.1, 0.15) is 17.1 Å². The number of hydrogen-bond donors (Lipinski definition) is 2. The van der Waals surface area contributed by atoms with Gasteiger partial charge < -0.3 is 15.0 Å². The number of fused-ring (bicyclic) bond motifs is 1. The van der Waals surface area contributed by atoms with Crippen molar-refractivity contribution >= 4 is 35.4 Å². The van der Waals surface area contributed by atoms with Gasteiger partial charge in [-0.15, -0.1) is 0 Å². The van der Waals surface area contributed by atoms with E-state index in [-0.39, 0.29) is 30.2 Å². The molecule has 11 nitrogen and oxygen atoms in total. The third-order valence-electron chi connectivity index (χ3n) is 7.92. The second kappa shape index (κ2) is 10.9. The van der Waals surface area contributed by atoms with Crippen molar-refractivity contribution < 1.29 is 23.9 Å². The summed E-state index contributed by atoms with van der Waals surface area (Å²) in [6.45, 7) is 7.33. The van der Waals surface area contributed by atoms with E-state index in [1.54, 1.807) is 6.20 Å². The van der Waals surface area contributed by atoms with Gasteiger partial charge in [0, 0.05) is 44.2 Å². The van der Waals surface area contributed by atoms with Crippen LogP contribution in [-0.4, -0.2) is 69.5 Å². The minimum absolute atomic E-state index is 0.0141. The summed E-state index contributed by atoms with van der Waals surface area (Å²) in [5.74, 6) is 0.956. The SMILES string of the molecule is CC(C)(C)OC(=O)NC1CCC(C(=O)N2CCC(c3ccn4c(N5CCC(=O)NC5=O)cnc4c3)CC2)CC1. The summed E-state index contributed by atoms with van der Waals surface area (Å²) in [6.07, 6.45) is 8.37. The molecule has 2 aliphatic heterocycles. The summed E-state index contributed by atoms with van der Waals surface area (Å²) in [7, 11) is 0. The molecule has 0 atom stereocenters. The minimum Gasteiger partial charge on any atom is -0.444 e. The maximum Gasteiger partial charge on any atom is 0.407 e. The van der Waals surface area contributed by atoms with Crippen LogP contribution in [0.1, 0.15) is 77.2 Å². The largest absolute Gasteiger partial charge is 0.444 e. The fraction of sp³-hybridized carbons (Fsp3) is 0.607. The van der Waals surface area contributed by atoms with Crippen molar-refractivity contribution in [3.05, 3.63) is 30.1 Å². The summed E-state index contributed by atoms with van der Waals surface area (Å²) < 4.78 is 7.22. The van der Waals surface area contributed by atoms with Crippen LogP contribution in [0.5, 0.6) is 0 Å². The topological polar surface area (TPSA) is 125 Å². The van der Waals surface area contributed by atoms with Crippen molar-refractivity contribution in [1.29, 1.82) is 0 Å². The molecule has 0 radical (unpaired) electrons. The van der Waals surface area contributed by atoms with Crippen molar-refractivity contribution in [2.24, 2.45) is 5.92 Å². The predicted molar refractivity (Wildman–Crippen MR) is 144 cm³/mol. The van der Waals surface area contributed by atoms with Crippen LogP contribution < -0.4 is 15.5 Å². The van der Waals surface area contributed by atoms with Crippen LogP contribution in [0.4, 0.5) is 15.4 Å². The highest BCUT2D eigenvalue weighted by atomic mass is 16.6. The zero-order chi connectivity index (χ0) is 27.7. The number of anilines is 1. The number of likely N-dealkylation sites (tertiary alicyclic amines) is 1. The first-order valence-corrected chi connectivity index (χ1v) is 13.9. The Morgan fingerprint density at radius 1 is 1.05 bits per heavy atom. The third-order valence-corrected chi connectivity index (χ3v) is 7.92. The number of urea groups is 1. The Morgan fingerprint density at radius 2 is 1.77 bits per heavy atom. The fourth-order valence-corrected chi connectivity index (χ4v) is 5.87. The third kappa shape index (κ3) is 6.17. The molecule has 2 aromatic heterocycles. The molecule has 1 aliphatic carbocycles. The normalized spacial score (nSPS) is 23.1. The number of alkyl carbamates (subject to hydrolysis) is 1. The maximum absolute atomic E-state index is 13.2. The molecule has 5 rings (SSSR count). The van der Waals surface area contributed by atoms with Crippen LogP contribution in [-0.2, 0) is 14.3 Å². The van der Waals surface area contributed by atoms with E-state index in [1.165, 1.54) is 10.5 Å². The van der Waals surface area contributed by atoms with E-state index in [4.69, 9.17) is 4.74 Å². The van der Waals surface area contributed by atoms with Gasteiger partial charge in [-0.3, -0.25) is 24.2 Å². The molecule has 2 saturated heterocycles. The van der Waals surface area contributed by atoms with Gasteiger partial charge in [-0.2, -0.15) is 0 Å². The second-order valence-electron chi connectivity index (χ2n) is 11.9. The zero-order valence-corrected chi connectivity index (χ0v) is 22.9. The molecule has 39 heavy (non-hydrogen) atoms. The second-order valence-corrected chi connectivity index (χ2v) is 11.9. The summed E-state index contributed by atoms with van der Waals surface area (Å²) >= 11 is 0. The number of ether oxygens (including phenoxy) is 1. The van der Waals surface area contributed by atoms with Crippen LogP contribution in [0.25, 0.3) is 5.65 Å². The molecule has 1 saturated carbocycles. The van der Waals surface area contributed by atoms with Crippen molar-refractivity contribution in [2.75, 3.05) is 24.5 Å². The number of amides is 5. The average Bonchev–Trinajstić information content (AvgIpc) is 3.31. The van der Waals surface area contributed by atoms with Gasteiger partial charge in [0.15, 0.2) is 0 Å². The maximum atomic E-state index is 13.2. The number of hydrogen-bond acceptors (Lipinski definition) is 6. The Balaban J connectivity index is 1.12. The average molecular weight is 539 g/mol. The predicted octanol–water partition coefficient (Wildman–Crippen LogP) is 3.57. The summed E-state index contributed by atoms with van der Waals surface area (Å²) in [4.78, 5) is 57.1. The van der Waals surface area contributed by atoms with Gasteiger partial charge in [0.05, 0.1) is 6.20 Å². The first-order chi connectivity index (χ1) is 18.6. The Hall–Kier alpha value is -3.63. The van der Waals surface area contributed by atoms with Crippen LogP contribution in [0.3, 0.4) is 0 Å². The van der Waals surface area contributed by atoms with E-state index in [1.807, 2.05) is 36.3 Å². The number of imidazole rings is 1. The molecule has 0 spiro atoms. The number of rotatable bonds is 4. The lowest BCUT2D eigenvalue weighted by molar-refractivity contribution is -0.137. The van der Waals surface area contributed by atoms with E-state index in [2.05, 4.69) is 27.8 Å². The quantitative estimate of drug-likeness (QED) is 0.613. The number of nitrogens with one attached hydrogen (secondary N) is 2. The van der Waals surface area contributed by atoms with Crippen LogP contribution in [0.2, 0.25) is 0 Å². The summed E-state index contributed by atoms with van der Waals surface area (Å²) in [5, 5.41) is 5.30. The van der Waals surface area contributed by atoms with Gasteiger partial charge in [-0.1, -0.05) is 0 Å². The van der Waals surface area contributed by atoms with Crippen molar-refractivity contribution in [2.45, 2.75) is 83.3 Å². The van der Waals surface area contributed by atoms with Crippen molar-refractivity contribution in [3.8, 4) is 0 Å². The first kappa shape index (κ1) is 27.0. The van der Waals surface area contributed by atoms with Crippen LogP contribution in [0, 0.1) is 5.92 Å². The van der Waals surface area contributed by atoms with Crippen molar-refractivity contribution in [1.82, 2.24) is 24.9 Å². The van der Waals surface area contributed by atoms with Gasteiger partial charge in [0.25, 0.3) is 0 Å². The zero-order valence-electron chi connectivity index (χ0n) is 22.9. The van der Waals surface area contributed by atoms with Crippen LogP contribution in [0.15, 0.2) is 24.5 Å². The Morgan fingerprint density at radius 3 is 2.44 bits per heavy atom. The standard InChI is InChI=1S/C28H38N6O5/c1-28(2,3)39-27(38)30-21-6-4-19(5-7-21)25(36)32-12-8-18(9-13-32)20-10-14-33-22(16-20)29-17-24(33)34-15-11-23(35)31-26(34)37/h10,14,16-19,21H,4-9,11-13,15H2,1-3H3,(H,30,38)(H,31,35,37). The van der Waals surface area contributed by atoms with Gasteiger partial charge >= 0.3 is 12.1 Å². The monoisotopic (exact) mass is 538 g/mol. The molecular formula is C28H38N6O5. The van der Waals surface area contributed by atoms with E-state index in [0.717, 1.165) is 57.3 Å². The van der Waals surface area contributed by atoms with E-state index >= 15 is 0 Å². The summed E-state index contributed by atoms with van der Waals surface area (Å²) in [6, 6.07) is 3.74. The Labute approximate surface area is 228 Å². The summed E-state index contributed by atoms with van der Waals surface area (Å²) in [5.41, 5.74) is 1.41. The number of imide groups is 1. The first-order valence-electron chi connectivity index (χ1n) is 13.9. The molecule has 0 unspecified atom stereocenters. The lowest BCUT2D eigenvalue weighted by Gasteiger charge is -2.36. The number of nitrogens with zero attached hydrogens (tertiary/aromatic N) is 4. The molecule has 3 aliphatic rings. The highest BCUT2D eigenvalue weighted by Gasteiger charge is 2.33. The molecule has 2 N–H and O–H groups in total. The molecule has 11 heteroatoms. The van der Waals surface area contributed by atoms with E-state index in [9.17, 15) is 19.2 Å². The Kier molecular flexibility index (Phi) is 7.51. The molecule has 0 aromatic carbocycles. The lowest BCUT2D eigenvalue weighted by Crippen LogP contribution is -2.50. The molecule has 0 bridgehead atoms. The van der Waals surface area contributed by atoms with Gasteiger partial charge in [0.2, 0.25) is 11.8 Å². The Bertz CT molecular complexity index is 1250. The number of carbonyl (C=O) groups is 4. The molecule has 3 fully saturated rings. The minimum atomic E-state index is -0.523. The molecule has 4 heterocycles. The molecule has 5 amide bonds. The number of carbonyl (C=O) groups excluding carboxylic acids is 4. The smallest absolute Gasteiger partial charge is 0.407 e. The highest BCUT2D eigenvalue weighted by Crippen LogP contribution is 2.32. The fourth-order valence-electron chi connectivity index (χ4n) is 5.87. The van der Waals surface area contributed by atoms with Crippen molar-refractivity contribution in [3.63, 3.8) is 0 Å². The number of piperidine rings is 1. The van der Waals surface area contributed by atoms with Crippen LogP contribution >= 0.6 is 0 Å². The van der Waals surface area contributed by atoms with Gasteiger partial charge in [-0.05, 0) is 82.9 Å². The highest BCUT2D eigenvalue weighted by molar-refractivity contribution is 6.05. The molecule has 2 aromatic rings. The van der Waals surface area contributed by atoms with E-state index in [0.29, 0.717) is 18.3 Å². The molecular weight excluding hydrogens is 500 g/mol. The molecule has 210 valence electrons. The lowest BCUT2D eigenvalue weighted by atomic mass is 9.84. The van der Waals surface area contributed by atoms with Gasteiger partial charge in [-0.25, -0.2) is 14.6 Å². The number of pyridine rings is 1.